The lowest BCUT2D eigenvalue weighted by atomic mass is 10.1. The predicted octanol–water partition coefficient (Wildman–Crippen LogP) is 4.91. The molecule has 0 spiro atoms. The van der Waals surface area contributed by atoms with E-state index in [-0.39, 0.29) is 5.91 Å². The molecule has 0 aliphatic carbocycles. The average Bonchev–Trinajstić information content (AvgIpc) is 3.00. The Morgan fingerprint density at radius 3 is 2.46 bits per heavy atom. The third-order valence-corrected chi connectivity index (χ3v) is 3.64. The van der Waals surface area contributed by atoms with E-state index in [9.17, 15) is 4.79 Å². The number of hydrogen-bond acceptors (Lipinski definition) is 3. The first-order valence-electron chi connectivity index (χ1n) is 7.87. The zero-order chi connectivity index (χ0) is 16.9. The lowest BCUT2D eigenvalue weighted by molar-refractivity contribution is 0.102. The van der Waals surface area contributed by atoms with Crippen molar-refractivity contribution in [2.45, 2.75) is 13.8 Å². The number of carbonyl (C=O) groups is 1. The zero-order valence-electron chi connectivity index (χ0n) is 13.7. The third-order valence-electron chi connectivity index (χ3n) is 3.64. The van der Waals surface area contributed by atoms with Gasteiger partial charge in [0.1, 0.15) is 17.3 Å². The van der Waals surface area contributed by atoms with Crippen LogP contribution in [0.3, 0.4) is 0 Å². The molecule has 3 aromatic rings. The largest absolute Gasteiger partial charge is 0.494 e. The van der Waals surface area contributed by atoms with Crippen LogP contribution in [0.4, 0.5) is 5.69 Å². The Morgan fingerprint density at radius 2 is 1.79 bits per heavy atom. The van der Waals surface area contributed by atoms with Crippen LogP contribution < -0.4 is 10.1 Å². The highest BCUT2D eigenvalue weighted by molar-refractivity contribution is 6.05. The SMILES string of the molecule is CCOc1ccc(NC(=O)c2cc(-c3ccccc3)oc2C)cc1. The number of benzene rings is 2. The number of carbonyl (C=O) groups excluding carboxylic acids is 1. The van der Waals surface area contributed by atoms with Crippen molar-refractivity contribution in [3.8, 4) is 17.1 Å². The molecule has 0 bridgehead atoms. The molecule has 24 heavy (non-hydrogen) atoms. The standard InChI is InChI=1S/C20H19NO3/c1-3-23-17-11-9-16(10-12-17)21-20(22)18-13-19(24-14(18)2)15-7-5-4-6-8-15/h4-13H,3H2,1-2H3,(H,21,22). The number of aryl methyl sites for hydroxylation is 1. The van der Waals surface area contributed by atoms with E-state index in [4.69, 9.17) is 9.15 Å². The quantitative estimate of drug-likeness (QED) is 0.726. The molecule has 3 rings (SSSR count). The molecule has 0 radical (unpaired) electrons. The van der Waals surface area contributed by atoms with Gasteiger partial charge in [-0.1, -0.05) is 30.3 Å². The van der Waals surface area contributed by atoms with Crippen LogP contribution >= 0.6 is 0 Å². The van der Waals surface area contributed by atoms with Crippen LogP contribution in [0.2, 0.25) is 0 Å². The molecule has 1 aromatic heterocycles. The number of rotatable bonds is 5. The summed E-state index contributed by atoms with van der Waals surface area (Å²) in [6, 6.07) is 18.8. The van der Waals surface area contributed by atoms with Gasteiger partial charge in [0.2, 0.25) is 0 Å². The molecule has 0 aliphatic rings. The Bertz CT molecular complexity index is 820. The summed E-state index contributed by atoms with van der Waals surface area (Å²) in [6.07, 6.45) is 0. The molecule has 1 amide bonds. The summed E-state index contributed by atoms with van der Waals surface area (Å²) in [5.74, 6) is 1.87. The van der Waals surface area contributed by atoms with Crippen molar-refractivity contribution in [2.75, 3.05) is 11.9 Å². The Morgan fingerprint density at radius 1 is 1.08 bits per heavy atom. The average molecular weight is 321 g/mol. The van der Waals surface area contributed by atoms with Crippen molar-refractivity contribution >= 4 is 11.6 Å². The normalized spacial score (nSPS) is 10.4. The van der Waals surface area contributed by atoms with Crippen molar-refractivity contribution < 1.29 is 13.9 Å². The lowest BCUT2D eigenvalue weighted by Gasteiger charge is -2.06. The van der Waals surface area contributed by atoms with Crippen LogP contribution in [0.1, 0.15) is 23.0 Å². The highest BCUT2D eigenvalue weighted by Crippen LogP contribution is 2.26. The summed E-state index contributed by atoms with van der Waals surface area (Å²) >= 11 is 0. The second-order valence-electron chi connectivity index (χ2n) is 5.36. The third kappa shape index (κ3) is 3.49. The van der Waals surface area contributed by atoms with E-state index in [1.807, 2.05) is 61.5 Å². The Labute approximate surface area is 141 Å². The van der Waals surface area contributed by atoms with Crippen molar-refractivity contribution in [1.82, 2.24) is 0 Å². The molecule has 0 fully saturated rings. The number of amides is 1. The Kier molecular flexibility index (Phi) is 4.66. The van der Waals surface area contributed by atoms with Crippen LogP contribution in [0.15, 0.2) is 65.1 Å². The summed E-state index contributed by atoms with van der Waals surface area (Å²) in [5, 5.41) is 2.88. The van der Waals surface area contributed by atoms with E-state index in [1.54, 1.807) is 13.0 Å². The summed E-state index contributed by atoms with van der Waals surface area (Å²) in [7, 11) is 0. The van der Waals surface area contributed by atoms with Gasteiger partial charge in [-0.05, 0) is 44.2 Å². The van der Waals surface area contributed by atoms with E-state index >= 15 is 0 Å². The maximum absolute atomic E-state index is 12.5. The van der Waals surface area contributed by atoms with Gasteiger partial charge < -0.3 is 14.5 Å². The van der Waals surface area contributed by atoms with E-state index in [2.05, 4.69) is 5.32 Å². The maximum Gasteiger partial charge on any atom is 0.259 e. The van der Waals surface area contributed by atoms with E-state index in [0.29, 0.717) is 29.4 Å². The van der Waals surface area contributed by atoms with Gasteiger partial charge in [-0.15, -0.1) is 0 Å². The molecule has 1 heterocycles. The van der Waals surface area contributed by atoms with Gasteiger partial charge in [0.05, 0.1) is 12.2 Å². The first-order chi connectivity index (χ1) is 11.7. The van der Waals surface area contributed by atoms with Gasteiger partial charge in [-0.25, -0.2) is 0 Å². The minimum Gasteiger partial charge on any atom is -0.494 e. The maximum atomic E-state index is 12.5. The zero-order valence-corrected chi connectivity index (χ0v) is 13.7. The molecular formula is C20H19NO3. The summed E-state index contributed by atoms with van der Waals surface area (Å²) < 4.78 is 11.1. The van der Waals surface area contributed by atoms with Crippen LogP contribution in [-0.2, 0) is 0 Å². The summed E-state index contributed by atoms with van der Waals surface area (Å²) in [5.41, 5.74) is 2.19. The Balaban J connectivity index is 1.76. The van der Waals surface area contributed by atoms with Gasteiger partial charge in [0, 0.05) is 11.3 Å². The molecule has 0 aliphatic heterocycles. The molecule has 2 aromatic carbocycles. The fourth-order valence-electron chi connectivity index (χ4n) is 2.45. The molecule has 1 N–H and O–H groups in total. The predicted molar refractivity (Wildman–Crippen MR) is 94.4 cm³/mol. The monoisotopic (exact) mass is 321 g/mol. The topological polar surface area (TPSA) is 51.5 Å². The molecule has 0 saturated carbocycles. The van der Waals surface area contributed by atoms with Crippen molar-refractivity contribution in [2.24, 2.45) is 0 Å². The molecular weight excluding hydrogens is 302 g/mol. The minimum absolute atomic E-state index is 0.192. The summed E-state index contributed by atoms with van der Waals surface area (Å²) in [6.45, 7) is 4.34. The number of furan rings is 1. The fourth-order valence-corrected chi connectivity index (χ4v) is 2.45. The molecule has 0 unspecified atom stereocenters. The first-order valence-corrected chi connectivity index (χ1v) is 7.87. The second kappa shape index (κ2) is 7.04. The molecule has 0 atom stereocenters. The van der Waals surface area contributed by atoms with Crippen molar-refractivity contribution in [3.05, 3.63) is 72.0 Å². The van der Waals surface area contributed by atoms with Gasteiger partial charge >= 0.3 is 0 Å². The van der Waals surface area contributed by atoms with Crippen molar-refractivity contribution in [1.29, 1.82) is 0 Å². The highest BCUT2D eigenvalue weighted by atomic mass is 16.5. The first kappa shape index (κ1) is 15.9. The van der Waals surface area contributed by atoms with Crippen LogP contribution in [0.5, 0.6) is 5.75 Å². The van der Waals surface area contributed by atoms with Crippen LogP contribution in [0.25, 0.3) is 11.3 Å². The van der Waals surface area contributed by atoms with E-state index in [1.165, 1.54) is 0 Å². The van der Waals surface area contributed by atoms with Crippen LogP contribution in [-0.4, -0.2) is 12.5 Å². The lowest BCUT2D eigenvalue weighted by Crippen LogP contribution is -2.12. The van der Waals surface area contributed by atoms with Crippen molar-refractivity contribution in [3.63, 3.8) is 0 Å². The van der Waals surface area contributed by atoms with Gasteiger partial charge in [0.25, 0.3) is 5.91 Å². The molecule has 0 saturated heterocycles. The number of hydrogen-bond donors (Lipinski definition) is 1. The Hall–Kier alpha value is -3.01. The molecule has 122 valence electrons. The number of ether oxygens (including phenoxy) is 1. The second-order valence-corrected chi connectivity index (χ2v) is 5.36. The van der Waals surface area contributed by atoms with Gasteiger partial charge in [0.15, 0.2) is 0 Å². The van der Waals surface area contributed by atoms with Gasteiger partial charge in [-0.3, -0.25) is 4.79 Å². The number of anilines is 1. The van der Waals surface area contributed by atoms with E-state index in [0.717, 1.165) is 11.3 Å². The molecule has 4 nitrogen and oxygen atoms in total. The van der Waals surface area contributed by atoms with Crippen LogP contribution in [0, 0.1) is 6.92 Å². The fraction of sp³-hybridized carbons (Fsp3) is 0.150. The highest BCUT2D eigenvalue weighted by Gasteiger charge is 2.16. The van der Waals surface area contributed by atoms with E-state index < -0.39 is 0 Å². The molecule has 4 heteroatoms. The smallest absolute Gasteiger partial charge is 0.259 e. The number of nitrogens with one attached hydrogen (secondary N) is 1. The minimum atomic E-state index is -0.192. The summed E-state index contributed by atoms with van der Waals surface area (Å²) in [4.78, 5) is 12.5. The van der Waals surface area contributed by atoms with Gasteiger partial charge in [-0.2, -0.15) is 0 Å².